The maximum absolute atomic E-state index is 12.7. The molecule has 31 heavy (non-hydrogen) atoms. The Balaban J connectivity index is 1.64. The third-order valence-electron chi connectivity index (χ3n) is 5.43. The first-order valence-corrected chi connectivity index (χ1v) is 9.95. The number of rotatable bonds is 4. The minimum Gasteiger partial charge on any atom is -0.449 e. The molecule has 0 saturated carbocycles. The molecule has 2 aromatic carbocycles. The molecule has 0 fully saturated rings. The molecule has 1 amide bonds. The fourth-order valence-corrected chi connectivity index (χ4v) is 4.01. The van der Waals surface area contributed by atoms with E-state index in [-0.39, 0.29) is 17.4 Å². The van der Waals surface area contributed by atoms with Gasteiger partial charge in [-0.05, 0) is 59.4 Å². The van der Waals surface area contributed by atoms with E-state index in [1.165, 1.54) is 0 Å². The molecule has 158 valence electrons. The monoisotopic (exact) mass is 417 g/mol. The number of para-hydroxylation sites is 1. The number of benzene rings is 2. The van der Waals surface area contributed by atoms with Crippen LogP contribution in [0.3, 0.4) is 0 Å². The van der Waals surface area contributed by atoms with Gasteiger partial charge in [-0.1, -0.05) is 38.1 Å². The number of anilines is 2. The molecule has 7 heteroatoms. The van der Waals surface area contributed by atoms with Gasteiger partial charge in [0.05, 0.1) is 6.04 Å². The van der Waals surface area contributed by atoms with Crippen molar-refractivity contribution in [2.24, 2.45) is 5.41 Å². The van der Waals surface area contributed by atoms with Crippen molar-refractivity contribution < 1.29 is 19.4 Å². The van der Waals surface area contributed by atoms with E-state index < -0.39 is 6.16 Å². The molecular weight excluding hydrogens is 394 g/mol. The normalized spacial score (nSPS) is 16.5. The summed E-state index contributed by atoms with van der Waals surface area (Å²) in [6, 6.07) is 18.1. The van der Waals surface area contributed by atoms with Crippen LogP contribution in [0.2, 0.25) is 0 Å². The lowest BCUT2D eigenvalue weighted by molar-refractivity contribution is 0.102. The van der Waals surface area contributed by atoms with Crippen LogP contribution >= 0.6 is 0 Å². The molecule has 0 radical (unpaired) electrons. The molecule has 0 bridgehead atoms. The third kappa shape index (κ3) is 4.35. The minimum atomic E-state index is -1.33. The molecule has 1 aromatic heterocycles. The third-order valence-corrected chi connectivity index (χ3v) is 5.43. The van der Waals surface area contributed by atoms with Crippen molar-refractivity contribution in [2.75, 3.05) is 10.6 Å². The molecule has 0 aliphatic carbocycles. The number of hydrogen-bond donors (Lipinski definition) is 3. The molecule has 3 N–H and O–H groups in total. The molecule has 4 rings (SSSR count). The van der Waals surface area contributed by atoms with Gasteiger partial charge in [0.1, 0.15) is 11.4 Å². The summed E-state index contributed by atoms with van der Waals surface area (Å²) in [5, 5.41) is 15.4. The topological polar surface area (TPSA) is 101 Å². The van der Waals surface area contributed by atoms with Crippen molar-refractivity contribution in [3.8, 4) is 5.75 Å². The van der Waals surface area contributed by atoms with Gasteiger partial charge in [0.25, 0.3) is 5.91 Å². The lowest BCUT2D eigenvalue weighted by Gasteiger charge is -2.42. The molecule has 1 aliphatic heterocycles. The number of nitrogens with zero attached hydrogens (tertiary/aromatic N) is 1. The van der Waals surface area contributed by atoms with Crippen LogP contribution in [0.5, 0.6) is 5.75 Å². The Morgan fingerprint density at radius 3 is 2.65 bits per heavy atom. The number of aromatic nitrogens is 1. The summed E-state index contributed by atoms with van der Waals surface area (Å²) >= 11 is 0. The van der Waals surface area contributed by atoms with E-state index in [0.717, 1.165) is 22.5 Å². The van der Waals surface area contributed by atoms with Gasteiger partial charge in [0, 0.05) is 17.6 Å². The van der Waals surface area contributed by atoms with E-state index in [9.17, 15) is 9.59 Å². The molecule has 2 heterocycles. The zero-order valence-corrected chi connectivity index (χ0v) is 17.3. The number of fused-ring (bicyclic) bond motifs is 1. The van der Waals surface area contributed by atoms with Gasteiger partial charge in [-0.15, -0.1) is 0 Å². The minimum absolute atomic E-state index is 0.0773. The molecule has 7 nitrogen and oxygen atoms in total. The van der Waals surface area contributed by atoms with Gasteiger partial charge in [0.15, 0.2) is 0 Å². The predicted octanol–water partition coefficient (Wildman–Crippen LogP) is 5.13. The van der Waals surface area contributed by atoms with E-state index in [2.05, 4.69) is 29.5 Å². The first-order valence-electron chi connectivity index (χ1n) is 9.95. The first kappa shape index (κ1) is 20.4. The summed E-state index contributed by atoms with van der Waals surface area (Å²) in [6.07, 6.45) is 0.962. The van der Waals surface area contributed by atoms with Crippen molar-refractivity contribution in [1.82, 2.24) is 4.98 Å². The number of carbonyl (C=O) groups excluding carboxylic acids is 1. The summed E-state index contributed by atoms with van der Waals surface area (Å²) < 4.78 is 4.80. The maximum atomic E-state index is 12.7. The van der Waals surface area contributed by atoms with E-state index in [4.69, 9.17) is 9.84 Å². The Hall–Kier alpha value is -3.87. The fourth-order valence-electron chi connectivity index (χ4n) is 4.01. The number of pyridine rings is 1. The van der Waals surface area contributed by atoms with E-state index in [1.807, 2.05) is 30.3 Å². The van der Waals surface area contributed by atoms with Crippen LogP contribution in [-0.4, -0.2) is 22.2 Å². The highest BCUT2D eigenvalue weighted by Gasteiger charge is 2.37. The molecule has 1 atom stereocenters. The van der Waals surface area contributed by atoms with Crippen LogP contribution in [0, 0.1) is 5.41 Å². The first-order chi connectivity index (χ1) is 14.8. The molecule has 0 saturated heterocycles. The molecular formula is C24H23N3O4. The molecule has 0 spiro atoms. The lowest BCUT2D eigenvalue weighted by Crippen LogP contribution is -2.35. The Morgan fingerprint density at radius 1 is 1.13 bits per heavy atom. The molecule has 1 aliphatic rings. The number of carbonyl (C=O) groups is 2. The summed E-state index contributed by atoms with van der Waals surface area (Å²) in [5.74, 6) is 0.0304. The second-order valence-electron chi connectivity index (χ2n) is 8.19. The van der Waals surface area contributed by atoms with Crippen LogP contribution < -0.4 is 15.4 Å². The Kier molecular flexibility index (Phi) is 5.33. The van der Waals surface area contributed by atoms with Gasteiger partial charge in [0.2, 0.25) is 0 Å². The predicted molar refractivity (Wildman–Crippen MR) is 118 cm³/mol. The van der Waals surface area contributed by atoms with E-state index in [0.29, 0.717) is 17.9 Å². The average Bonchev–Trinajstić information content (AvgIpc) is 2.73. The lowest BCUT2D eigenvalue weighted by atomic mass is 9.72. The highest BCUT2D eigenvalue weighted by Crippen LogP contribution is 2.47. The summed E-state index contributed by atoms with van der Waals surface area (Å²) in [5.41, 5.74) is 3.71. The van der Waals surface area contributed by atoms with Gasteiger partial charge >= 0.3 is 6.16 Å². The molecule has 1 unspecified atom stereocenters. The zero-order valence-electron chi connectivity index (χ0n) is 17.3. The van der Waals surface area contributed by atoms with Gasteiger partial charge < -0.3 is 20.5 Å². The Labute approximate surface area is 180 Å². The summed E-state index contributed by atoms with van der Waals surface area (Å²) in [6.45, 7) is 4.27. The number of ether oxygens (including phenoxy) is 1. The number of amides is 1. The highest BCUT2D eigenvalue weighted by atomic mass is 16.7. The average molecular weight is 417 g/mol. The SMILES string of the molecule is CC1(C)Cc2cc(OC(=O)O)ccc2NC1c1ccccc1NC(=O)c1ccccn1. The number of nitrogens with one attached hydrogen (secondary N) is 2. The van der Waals surface area contributed by atoms with Crippen molar-refractivity contribution in [3.63, 3.8) is 0 Å². The van der Waals surface area contributed by atoms with Crippen molar-refractivity contribution in [3.05, 3.63) is 83.7 Å². The quantitative estimate of drug-likeness (QED) is 0.402. The maximum Gasteiger partial charge on any atom is 0.511 e. The Bertz CT molecular complexity index is 1130. The molecule has 3 aromatic rings. The van der Waals surface area contributed by atoms with Crippen LogP contribution in [0.1, 0.15) is 41.5 Å². The highest BCUT2D eigenvalue weighted by molar-refractivity contribution is 6.03. The van der Waals surface area contributed by atoms with Gasteiger partial charge in [-0.3, -0.25) is 9.78 Å². The zero-order chi connectivity index (χ0) is 22.0. The number of hydrogen-bond acceptors (Lipinski definition) is 5. The van der Waals surface area contributed by atoms with Crippen molar-refractivity contribution in [1.29, 1.82) is 0 Å². The van der Waals surface area contributed by atoms with Crippen LogP contribution in [0.25, 0.3) is 0 Å². The van der Waals surface area contributed by atoms with Gasteiger partial charge in [-0.2, -0.15) is 0 Å². The van der Waals surface area contributed by atoms with Crippen molar-refractivity contribution >= 4 is 23.4 Å². The fraction of sp³-hybridized carbons (Fsp3) is 0.208. The number of carboxylic acid groups (broad SMARTS) is 1. The summed E-state index contributed by atoms with van der Waals surface area (Å²) in [7, 11) is 0. The second-order valence-corrected chi connectivity index (χ2v) is 8.19. The summed E-state index contributed by atoms with van der Waals surface area (Å²) in [4.78, 5) is 27.7. The standard InChI is InChI=1S/C24H23N3O4/c1-24(2)14-15-13-16(31-23(29)30)10-11-18(15)26-21(24)17-7-3-4-8-19(17)27-22(28)20-9-5-6-12-25-20/h3-13,21,26H,14H2,1-2H3,(H,27,28)(H,29,30). The van der Waals surface area contributed by atoms with Crippen LogP contribution in [0.15, 0.2) is 66.9 Å². The van der Waals surface area contributed by atoms with E-state index >= 15 is 0 Å². The van der Waals surface area contributed by atoms with E-state index in [1.54, 1.807) is 36.5 Å². The van der Waals surface area contributed by atoms with Gasteiger partial charge in [-0.25, -0.2) is 4.79 Å². The largest absolute Gasteiger partial charge is 0.511 e. The van der Waals surface area contributed by atoms with Crippen LogP contribution in [0.4, 0.5) is 16.2 Å². The smallest absolute Gasteiger partial charge is 0.449 e. The Morgan fingerprint density at radius 2 is 1.90 bits per heavy atom. The van der Waals surface area contributed by atoms with Crippen molar-refractivity contribution in [2.45, 2.75) is 26.3 Å². The van der Waals surface area contributed by atoms with Crippen LogP contribution in [-0.2, 0) is 6.42 Å². The second kappa shape index (κ2) is 8.10.